The van der Waals surface area contributed by atoms with Crippen LogP contribution in [0.15, 0.2) is 24.3 Å². The number of carbonyl (C=O) groups is 1. The Morgan fingerprint density at radius 2 is 2.11 bits per heavy atom. The number of nitrogens with one attached hydrogen (secondary N) is 1. The summed E-state index contributed by atoms with van der Waals surface area (Å²) < 4.78 is 11.9. The molecule has 0 heterocycles. The van der Waals surface area contributed by atoms with Crippen LogP contribution >= 0.6 is 11.6 Å². The number of rotatable bonds is 5. The van der Waals surface area contributed by atoms with E-state index in [9.17, 15) is 9.00 Å². The quantitative estimate of drug-likeness (QED) is 0.908. The van der Waals surface area contributed by atoms with E-state index in [1.54, 1.807) is 12.1 Å². The normalized spacial score (nSPS) is 17.3. The van der Waals surface area contributed by atoms with Crippen molar-refractivity contribution in [3.63, 3.8) is 0 Å². The van der Waals surface area contributed by atoms with Crippen molar-refractivity contribution in [3.05, 3.63) is 34.9 Å². The minimum absolute atomic E-state index is 0.0724. The molecule has 0 aliphatic heterocycles. The molecule has 1 saturated carbocycles. The van der Waals surface area contributed by atoms with Crippen molar-refractivity contribution in [1.29, 1.82) is 0 Å². The summed E-state index contributed by atoms with van der Waals surface area (Å²) in [5.41, 5.74) is 0.902. The van der Waals surface area contributed by atoms with Gasteiger partial charge in [-0.15, -0.1) is 0 Å². The van der Waals surface area contributed by atoms with Crippen LogP contribution in [-0.4, -0.2) is 21.9 Å². The molecule has 1 aliphatic carbocycles. The number of benzene rings is 1. The number of carbonyl (C=O) groups excluding carboxylic acids is 1. The first-order valence-corrected chi connectivity index (χ1v) is 8.39. The topological polar surface area (TPSA) is 46.2 Å². The molecule has 2 rings (SSSR count). The van der Waals surface area contributed by atoms with Crippen molar-refractivity contribution >= 4 is 28.3 Å². The van der Waals surface area contributed by atoms with Gasteiger partial charge in [-0.1, -0.05) is 36.6 Å². The third kappa shape index (κ3) is 4.96. The molecule has 1 amide bonds. The molecule has 0 spiro atoms. The predicted molar refractivity (Wildman–Crippen MR) is 78.6 cm³/mol. The minimum Gasteiger partial charge on any atom is -0.353 e. The van der Waals surface area contributed by atoms with E-state index < -0.39 is 10.8 Å². The Kier molecular flexibility index (Phi) is 5.40. The molecule has 3 nitrogen and oxygen atoms in total. The van der Waals surface area contributed by atoms with Crippen LogP contribution in [0.3, 0.4) is 0 Å². The van der Waals surface area contributed by atoms with Gasteiger partial charge in [-0.25, -0.2) is 0 Å². The Balaban J connectivity index is 1.78. The number of hydrogen-bond acceptors (Lipinski definition) is 2. The summed E-state index contributed by atoms with van der Waals surface area (Å²) in [7, 11) is -1.18. The van der Waals surface area contributed by atoms with E-state index in [4.69, 9.17) is 11.6 Å². The van der Waals surface area contributed by atoms with Crippen molar-refractivity contribution in [2.24, 2.45) is 0 Å². The average Bonchev–Trinajstić information content (AvgIpc) is 2.81. The SMILES string of the molecule is O=C(C[S@@](=O)Cc1cccc(Cl)c1)NC1CCCC1. The zero-order chi connectivity index (χ0) is 13.7. The molecular weight excluding hydrogens is 282 g/mol. The van der Waals surface area contributed by atoms with Crippen LogP contribution in [0.2, 0.25) is 5.02 Å². The van der Waals surface area contributed by atoms with Crippen LogP contribution < -0.4 is 5.32 Å². The van der Waals surface area contributed by atoms with Crippen LogP contribution in [0.1, 0.15) is 31.2 Å². The maximum Gasteiger partial charge on any atom is 0.232 e. The fourth-order valence-electron chi connectivity index (χ4n) is 2.35. The predicted octanol–water partition coefficient (Wildman–Crippen LogP) is 2.65. The number of hydrogen-bond donors (Lipinski definition) is 1. The maximum atomic E-state index is 11.9. The Morgan fingerprint density at radius 3 is 2.79 bits per heavy atom. The smallest absolute Gasteiger partial charge is 0.232 e. The Hall–Kier alpha value is -0.870. The van der Waals surface area contributed by atoms with Crippen molar-refractivity contribution in [2.75, 3.05) is 5.75 Å². The number of amides is 1. The van der Waals surface area contributed by atoms with Crippen LogP contribution in [-0.2, 0) is 21.3 Å². The van der Waals surface area contributed by atoms with Crippen molar-refractivity contribution in [1.82, 2.24) is 5.32 Å². The highest BCUT2D eigenvalue weighted by molar-refractivity contribution is 7.84. The van der Waals surface area contributed by atoms with Gasteiger partial charge in [0, 0.05) is 27.6 Å². The average molecular weight is 300 g/mol. The standard InChI is InChI=1S/C14H18ClNO2S/c15-12-5-3-4-11(8-12)9-19(18)10-14(17)16-13-6-1-2-7-13/h3-5,8,13H,1-2,6-7,9-10H2,(H,16,17)/t19-/m0/s1. The fourth-order valence-corrected chi connectivity index (χ4v) is 3.59. The van der Waals surface area contributed by atoms with Crippen LogP contribution in [0.4, 0.5) is 0 Å². The molecule has 1 fully saturated rings. The van der Waals surface area contributed by atoms with Crippen molar-refractivity contribution < 1.29 is 9.00 Å². The van der Waals surface area contributed by atoms with Crippen LogP contribution in [0, 0.1) is 0 Å². The van der Waals surface area contributed by atoms with Gasteiger partial charge in [0.2, 0.25) is 5.91 Å². The van der Waals surface area contributed by atoms with Gasteiger partial charge < -0.3 is 5.32 Å². The minimum atomic E-state index is -1.18. The Labute approximate surface area is 121 Å². The van der Waals surface area contributed by atoms with Gasteiger partial charge in [0.1, 0.15) is 5.75 Å². The first kappa shape index (κ1) is 14.5. The van der Waals surface area contributed by atoms with Gasteiger partial charge in [-0.2, -0.15) is 0 Å². The third-order valence-electron chi connectivity index (χ3n) is 3.23. The largest absolute Gasteiger partial charge is 0.353 e. The highest BCUT2D eigenvalue weighted by atomic mass is 35.5. The Morgan fingerprint density at radius 1 is 1.37 bits per heavy atom. The lowest BCUT2D eigenvalue weighted by atomic mass is 10.2. The zero-order valence-electron chi connectivity index (χ0n) is 10.7. The van der Waals surface area contributed by atoms with E-state index in [1.807, 2.05) is 12.1 Å². The molecule has 1 aliphatic rings. The molecule has 1 aromatic rings. The summed E-state index contributed by atoms with van der Waals surface area (Å²) in [6, 6.07) is 7.55. The Bertz CT molecular complexity index is 472. The van der Waals surface area contributed by atoms with Gasteiger partial charge in [0.15, 0.2) is 0 Å². The molecule has 1 aromatic carbocycles. The maximum absolute atomic E-state index is 11.9. The van der Waals surface area contributed by atoms with Gasteiger partial charge in [-0.05, 0) is 30.5 Å². The van der Waals surface area contributed by atoms with Crippen LogP contribution in [0.25, 0.3) is 0 Å². The van der Waals surface area contributed by atoms with E-state index in [2.05, 4.69) is 5.32 Å². The monoisotopic (exact) mass is 299 g/mol. The second-order valence-electron chi connectivity index (χ2n) is 4.91. The molecule has 104 valence electrons. The summed E-state index contributed by atoms with van der Waals surface area (Å²) >= 11 is 5.87. The molecule has 1 N–H and O–H groups in total. The second-order valence-corrected chi connectivity index (χ2v) is 6.80. The van der Waals surface area contributed by atoms with E-state index in [1.165, 1.54) is 12.8 Å². The van der Waals surface area contributed by atoms with Gasteiger partial charge in [0.05, 0.1) is 0 Å². The van der Waals surface area contributed by atoms with Gasteiger partial charge in [0.25, 0.3) is 0 Å². The van der Waals surface area contributed by atoms with E-state index in [0.717, 1.165) is 18.4 Å². The van der Waals surface area contributed by atoms with Crippen LogP contribution in [0.5, 0.6) is 0 Å². The summed E-state index contributed by atoms with van der Waals surface area (Å²) in [5, 5.41) is 3.58. The molecule has 1 atom stereocenters. The molecule has 0 radical (unpaired) electrons. The second kappa shape index (κ2) is 7.06. The summed E-state index contributed by atoms with van der Waals surface area (Å²) in [4.78, 5) is 11.7. The number of halogens is 1. The fraction of sp³-hybridized carbons (Fsp3) is 0.500. The van der Waals surface area contributed by atoms with Gasteiger partial charge >= 0.3 is 0 Å². The molecule has 0 unspecified atom stereocenters. The first-order chi connectivity index (χ1) is 9.13. The van der Waals surface area contributed by atoms with Crippen molar-refractivity contribution in [2.45, 2.75) is 37.5 Å². The highest BCUT2D eigenvalue weighted by Crippen LogP contribution is 2.17. The first-order valence-electron chi connectivity index (χ1n) is 6.52. The lowest BCUT2D eigenvalue weighted by Gasteiger charge is -2.11. The summed E-state index contributed by atoms with van der Waals surface area (Å²) in [5.74, 6) is 0.342. The molecular formula is C14H18ClNO2S. The lowest BCUT2D eigenvalue weighted by molar-refractivity contribution is -0.119. The molecule has 0 aromatic heterocycles. The highest BCUT2D eigenvalue weighted by Gasteiger charge is 2.18. The zero-order valence-corrected chi connectivity index (χ0v) is 12.3. The molecule has 19 heavy (non-hydrogen) atoms. The van der Waals surface area contributed by atoms with E-state index in [-0.39, 0.29) is 17.7 Å². The molecule has 0 saturated heterocycles. The van der Waals surface area contributed by atoms with E-state index >= 15 is 0 Å². The molecule has 0 bridgehead atoms. The van der Waals surface area contributed by atoms with Gasteiger partial charge in [-0.3, -0.25) is 9.00 Å². The molecule has 5 heteroatoms. The van der Waals surface area contributed by atoms with E-state index in [0.29, 0.717) is 10.8 Å². The summed E-state index contributed by atoms with van der Waals surface area (Å²) in [6.07, 6.45) is 4.45. The third-order valence-corrected chi connectivity index (χ3v) is 4.70. The summed E-state index contributed by atoms with van der Waals surface area (Å²) in [6.45, 7) is 0. The van der Waals surface area contributed by atoms with Crippen molar-refractivity contribution in [3.8, 4) is 0 Å². The lowest BCUT2D eigenvalue weighted by Crippen LogP contribution is -2.35.